The summed E-state index contributed by atoms with van der Waals surface area (Å²) >= 11 is 0. The number of aromatic nitrogens is 1. The van der Waals surface area contributed by atoms with Gasteiger partial charge < -0.3 is 20.3 Å². The number of nitrogens with zero attached hydrogens (tertiary/aromatic N) is 1. The summed E-state index contributed by atoms with van der Waals surface area (Å²) in [6.07, 6.45) is 17.0. The number of fused-ring (bicyclic) bond motifs is 5. The van der Waals surface area contributed by atoms with E-state index in [4.69, 9.17) is 4.74 Å². The molecule has 6 unspecified atom stereocenters. The number of aliphatic hydroxyl groups is 2. The van der Waals surface area contributed by atoms with Crippen molar-refractivity contribution in [2.75, 3.05) is 19.8 Å². The van der Waals surface area contributed by atoms with Gasteiger partial charge in [0.05, 0.1) is 18.8 Å². The molecule has 0 spiro atoms. The summed E-state index contributed by atoms with van der Waals surface area (Å²) in [4.78, 5) is 4.36. The molecule has 7 rings (SSSR count). The predicted molar refractivity (Wildman–Crippen MR) is 145 cm³/mol. The summed E-state index contributed by atoms with van der Waals surface area (Å²) in [5, 5.41) is 28.4. The van der Waals surface area contributed by atoms with Crippen LogP contribution in [0.1, 0.15) is 69.8 Å². The largest absolute Gasteiger partial charge is 0.385 e. The van der Waals surface area contributed by atoms with Crippen LogP contribution < -0.4 is 5.32 Å². The van der Waals surface area contributed by atoms with Gasteiger partial charge in [0.25, 0.3) is 0 Å². The van der Waals surface area contributed by atoms with Gasteiger partial charge in [-0.15, -0.1) is 0 Å². The first-order chi connectivity index (χ1) is 17.9. The molecule has 5 nitrogen and oxygen atoms in total. The van der Waals surface area contributed by atoms with Gasteiger partial charge in [-0.25, -0.2) is 0 Å². The lowest BCUT2D eigenvalue weighted by atomic mass is 9.60. The smallest absolute Gasteiger partial charge is 0.123 e. The Kier molecular flexibility index (Phi) is 5.67. The molecule has 5 heteroatoms. The maximum atomic E-state index is 11.9. The van der Waals surface area contributed by atoms with Crippen molar-refractivity contribution in [2.45, 2.75) is 81.5 Å². The average Bonchev–Trinajstić information content (AvgIpc) is 3.16. The molecule has 2 aromatic rings. The van der Waals surface area contributed by atoms with Gasteiger partial charge in [-0.05, 0) is 109 Å². The van der Waals surface area contributed by atoms with Crippen LogP contribution in [0.2, 0.25) is 0 Å². The summed E-state index contributed by atoms with van der Waals surface area (Å²) < 4.78 is 5.19. The van der Waals surface area contributed by atoms with Crippen LogP contribution in [-0.4, -0.2) is 52.2 Å². The first-order valence-electron chi connectivity index (χ1n) is 14.4. The highest BCUT2D eigenvalue weighted by Gasteiger charge is 2.53. The summed E-state index contributed by atoms with van der Waals surface area (Å²) in [5.74, 6) is 1.76. The third kappa shape index (κ3) is 4.01. The number of rotatable bonds is 4. The van der Waals surface area contributed by atoms with Crippen LogP contribution in [0.25, 0.3) is 10.8 Å². The SMILES string of the molecule is CC12CC=C3C=C4CCC(NCC5(O)COC5)CC4(O)CCC3C1CCC2c1ccc2ccncc2c1. The van der Waals surface area contributed by atoms with Crippen molar-refractivity contribution in [3.8, 4) is 0 Å². The zero-order chi connectivity index (χ0) is 25.3. The lowest BCUT2D eigenvalue weighted by Crippen LogP contribution is -2.58. The Morgan fingerprint density at radius 3 is 2.81 bits per heavy atom. The van der Waals surface area contributed by atoms with Crippen molar-refractivity contribution in [1.29, 1.82) is 0 Å². The summed E-state index contributed by atoms with van der Waals surface area (Å²) in [5.41, 5.74) is 2.99. The maximum Gasteiger partial charge on any atom is 0.123 e. The number of ether oxygens (including phenoxy) is 1. The van der Waals surface area contributed by atoms with E-state index in [-0.39, 0.29) is 11.5 Å². The molecule has 37 heavy (non-hydrogen) atoms. The molecular formula is C32H40N2O3. The van der Waals surface area contributed by atoms with Gasteiger partial charge >= 0.3 is 0 Å². The van der Waals surface area contributed by atoms with Gasteiger partial charge in [0.15, 0.2) is 0 Å². The van der Waals surface area contributed by atoms with Gasteiger partial charge in [-0.2, -0.15) is 0 Å². The van der Waals surface area contributed by atoms with E-state index in [0.29, 0.717) is 37.5 Å². The van der Waals surface area contributed by atoms with E-state index in [9.17, 15) is 10.2 Å². The molecule has 1 saturated heterocycles. The normalized spacial score (nSPS) is 38.5. The Morgan fingerprint density at radius 1 is 1.08 bits per heavy atom. The highest BCUT2D eigenvalue weighted by atomic mass is 16.5. The quantitative estimate of drug-likeness (QED) is 0.549. The Balaban J connectivity index is 1.10. The number of nitrogens with one attached hydrogen (secondary N) is 1. The van der Waals surface area contributed by atoms with E-state index in [0.717, 1.165) is 38.5 Å². The van der Waals surface area contributed by atoms with Crippen LogP contribution in [0.4, 0.5) is 0 Å². The number of hydrogen-bond acceptors (Lipinski definition) is 5. The van der Waals surface area contributed by atoms with E-state index in [2.05, 4.69) is 53.6 Å². The second-order valence-corrected chi connectivity index (χ2v) is 13.0. The number of pyridine rings is 1. The summed E-state index contributed by atoms with van der Waals surface area (Å²) in [6.45, 7) is 3.91. The van der Waals surface area contributed by atoms with Crippen molar-refractivity contribution >= 4 is 10.8 Å². The fourth-order valence-corrected chi connectivity index (χ4v) is 8.56. The second-order valence-electron chi connectivity index (χ2n) is 13.0. The Labute approximate surface area is 220 Å². The predicted octanol–water partition coefficient (Wildman–Crippen LogP) is 5.04. The van der Waals surface area contributed by atoms with Crippen molar-refractivity contribution < 1.29 is 14.9 Å². The molecule has 1 aliphatic heterocycles. The molecule has 0 radical (unpaired) electrons. The molecule has 2 saturated carbocycles. The monoisotopic (exact) mass is 500 g/mol. The number of hydrogen-bond donors (Lipinski definition) is 3. The number of benzene rings is 1. The fraction of sp³-hybridized carbons (Fsp3) is 0.594. The average molecular weight is 501 g/mol. The molecule has 1 aromatic heterocycles. The lowest BCUT2D eigenvalue weighted by Gasteiger charge is -2.44. The minimum atomic E-state index is -0.730. The van der Waals surface area contributed by atoms with E-state index in [1.54, 1.807) is 0 Å². The molecule has 3 N–H and O–H groups in total. The standard InChI is InChI=1S/C32H40N2O3/c1-30-11-8-22-15-25-4-5-26(34-18-31(35)19-37-20-31)16-32(25,36)12-9-27(22)29(30)7-6-28(30)23-3-2-21-10-13-33-17-24(21)14-23/h2-3,8,10,13-15,17,26-29,34-36H,4-7,9,11-12,16,18-20H2,1H3. The van der Waals surface area contributed by atoms with Gasteiger partial charge in [0, 0.05) is 30.4 Å². The molecule has 3 fully saturated rings. The van der Waals surface area contributed by atoms with Crippen LogP contribution in [-0.2, 0) is 4.74 Å². The minimum Gasteiger partial charge on any atom is -0.385 e. The van der Waals surface area contributed by atoms with Gasteiger partial charge in [-0.3, -0.25) is 4.98 Å². The third-order valence-corrected chi connectivity index (χ3v) is 10.8. The molecule has 0 amide bonds. The molecule has 5 aliphatic rings. The van der Waals surface area contributed by atoms with E-state index >= 15 is 0 Å². The van der Waals surface area contributed by atoms with Crippen molar-refractivity contribution in [2.24, 2.45) is 17.3 Å². The Hall–Kier alpha value is -2.05. The van der Waals surface area contributed by atoms with Gasteiger partial charge in [0.2, 0.25) is 0 Å². The zero-order valence-electron chi connectivity index (χ0n) is 22.0. The van der Waals surface area contributed by atoms with Crippen molar-refractivity contribution in [3.05, 3.63) is 65.5 Å². The molecule has 0 bridgehead atoms. The third-order valence-electron chi connectivity index (χ3n) is 10.8. The van der Waals surface area contributed by atoms with Crippen LogP contribution in [0, 0.1) is 17.3 Å². The Bertz CT molecular complexity index is 1270. The lowest BCUT2D eigenvalue weighted by molar-refractivity contribution is -0.176. The van der Waals surface area contributed by atoms with Crippen LogP contribution in [0.5, 0.6) is 0 Å². The van der Waals surface area contributed by atoms with Crippen molar-refractivity contribution in [3.63, 3.8) is 0 Å². The first kappa shape index (κ1) is 24.0. The van der Waals surface area contributed by atoms with Crippen molar-refractivity contribution in [1.82, 2.24) is 10.3 Å². The summed E-state index contributed by atoms with van der Waals surface area (Å²) in [7, 11) is 0. The summed E-state index contributed by atoms with van der Waals surface area (Å²) in [6, 6.07) is 9.34. The molecule has 1 aromatic carbocycles. The molecule has 196 valence electrons. The Morgan fingerprint density at radius 2 is 1.97 bits per heavy atom. The topological polar surface area (TPSA) is 74.6 Å². The molecular weight excluding hydrogens is 460 g/mol. The van der Waals surface area contributed by atoms with Gasteiger partial charge in [0.1, 0.15) is 5.60 Å². The van der Waals surface area contributed by atoms with E-state index in [1.165, 1.54) is 40.3 Å². The van der Waals surface area contributed by atoms with Gasteiger partial charge in [-0.1, -0.05) is 31.2 Å². The van der Waals surface area contributed by atoms with Crippen LogP contribution in [0.15, 0.2) is 60.0 Å². The number of allylic oxidation sites excluding steroid dienone is 3. The first-order valence-corrected chi connectivity index (χ1v) is 14.4. The van der Waals surface area contributed by atoms with E-state index < -0.39 is 11.2 Å². The second kappa shape index (κ2) is 8.74. The van der Waals surface area contributed by atoms with Crippen LogP contribution >= 0.6 is 0 Å². The maximum absolute atomic E-state index is 11.9. The minimum absolute atomic E-state index is 0.240. The highest BCUT2D eigenvalue weighted by Crippen LogP contribution is 2.62. The van der Waals surface area contributed by atoms with E-state index in [1.807, 2.05) is 12.4 Å². The fourth-order valence-electron chi connectivity index (χ4n) is 8.56. The molecule has 6 atom stereocenters. The molecule has 2 heterocycles. The highest BCUT2D eigenvalue weighted by molar-refractivity contribution is 5.82. The molecule has 4 aliphatic carbocycles. The zero-order valence-corrected chi connectivity index (χ0v) is 22.0. The van der Waals surface area contributed by atoms with Crippen LogP contribution in [0.3, 0.4) is 0 Å².